The van der Waals surface area contributed by atoms with Crippen LogP contribution in [-0.2, 0) is 15.0 Å². The lowest BCUT2D eigenvalue weighted by Gasteiger charge is -2.38. The van der Waals surface area contributed by atoms with Gasteiger partial charge in [-0.1, -0.05) is 36.4 Å². The van der Waals surface area contributed by atoms with E-state index in [2.05, 4.69) is 5.32 Å². The van der Waals surface area contributed by atoms with Gasteiger partial charge < -0.3 is 10.1 Å². The molecule has 2 aromatic carbocycles. The Labute approximate surface area is 172 Å². The van der Waals surface area contributed by atoms with Gasteiger partial charge in [-0.05, 0) is 32.0 Å². The van der Waals surface area contributed by atoms with E-state index in [1.807, 2.05) is 38.1 Å². The molecule has 0 spiro atoms. The van der Waals surface area contributed by atoms with Gasteiger partial charge in [0.2, 0.25) is 5.91 Å². The third kappa shape index (κ3) is 4.71. The fraction of sp³-hybridized carbons (Fsp3) is 0.381. The third-order valence-electron chi connectivity index (χ3n) is 4.78. The molecule has 1 aliphatic rings. The molecule has 0 saturated heterocycles. The number of nitrogens with zero attached hydrogens (tertiary/aromatic N) is 2. The van der Waals surface area contributed by atoms with E-state index in [1.165, 1.54) is 14.1 Å². The topological polar surface area (TPSA) is 79.0 Å². The second-order valence-corrected chi connectivity index (χ2v) is 9.92. The van der Waals surface area contributed by atoms with Gasteiger partial charge >= 0.3 is 10.2 Å². The summed E-state index contributed by atoms with van der Waals surface area (Å²) in [6.45, 7) is 3.62. The molecular formula is C21H27N3O4S. The Balaban J connectivity index is 1.84. The Morgan fingerprint density at radius 3 is 2.38 bits per heavy atom. The lowest BCUT2D eigenvalue weighted by atomic mass is 9.89. The molecule has 156 valence electrons. The van der Waals surface area contributed by atoms with Gasteiger partial charge in [0.25, 0.3) is 0 Å². The number of fused-ring (bicyclic) bond motifs is 1. The van der Waals surface area contributed by atoms with Crippen LogP contribution in [0.15, 0.2) is 54.6 Å². The summed E-state index contributed by atoms with van der Waals surface area (Å²) < 4.78 is 33.8. The SMILES string of the molecule is CN(C)S(=O)(=O)N(CC(=O)N[C@H]1CC(C)(C)Oc2ccccc21)c1ccccc1. The number of rotatable bonds is 6. The average molecular weight is 418 g/mol. The van der Waals surface area contributed by atoms with E-state index in [1.54, 1.807) is 30.3 Å². The van der Waals surface area contributed by atoms with Gasteiger partial charge in [-0.15, -0.1) is 0 Å². The number of carbonyl (C=O) groups excluding carboxylic acids is 1. The van der Waals surface area contributed by atoms with Crippen LogP contribution in [0.2, 0.25) is 0 Å². The minimum absolute atomic E-state index is 0.262. The van der Waals surface area contributed by atoms with Crippen molar-refractivity contribution >= 4 is 21.8 Å². The van der Waals surface area contributed by atoms with Crippen molar-refractivity contribution in [3.05, 3.63) is 60.2 Å². The van der Waals surface area contributed by atoms with Gasteiger partial charge in [-0.3, -0.25) is 4.79 Å². The summed E-state index contributed by atoms with van der Waals surface area (Å²) in [5.74, 6) is 0.353. The van der Waals surface area contributed by atoms with Crippen molar-refractivity contribution in [3.63, 3.8) is 0 Å². The summed E-state index contributed by atoms with van der Waals surface area (Å²) in [6, 6.07) is 15.9. The zero-order valence-corrected chi connectivity index (χ0v) is 17.9. The van der Waals surface area contributed by atoms with E-state index in [4.69, 9.17) is 4.74 Å². The lowest BCUT2D eigenvalue weighted by molar-refractivity contribution is -0.120. The van der Waals surface area contributed by atoms with Crippen LogP contribution in [0.3, 0.4) is 0 Å². The Hall–Kier alpha value is -2.58. The van der Waals surface area contributed by atoms with Gasteiger partial charge in [0, 0.05) is 26.1 Å². The highest BCUT2D eigenvalue weighted by Gasteiger charge is 2.35. The molecule has 3 rings (SSSR count). The number of amides is 1. The van der Waals surface area contributed by atoms with Crippen molar-refractivity contribution in [1.82, 2.24) is 9.62 Å². The van der Waals surface area contributed by atoms with Gasteiger partial charge in [0.05, 0.1) is 11.7 Å². The van der Waals surface area contributed by atoms with Crippen LogP contribution < -0.4 is 14.4 Å². The molecule has 1 amide bonds. The summed E-state index contributed by atoms with van der Waals surface area (Å²) in [5.41, 5.74) is 0.882. The van der Waals surface area contributed by atoms with Crippen molar-refractivity contribution < 1.29 is 17.9 Å². The molecule has 0 saturated carbocycles. The highest BCUT2D eigenvalue weighted by Crippen LogP contribution is 2.39. The molecule has 0 aliphatic carbocycles. The Kier molecular flexibility index (Phi) is 5.86. The van der Waals surface area contributed by atoms with Crippen molar-refractivity contribution in [1.29, 1.82) is 0 Å². The second kappa shape index (κ2) is 8.04. The first-order valence-corrected chi connectivity index (χ1v) is 10.8. The number of hydrogen-bond donors (Lipinski definition) is 1. The Bertz CT molecular complexity index is 974. The van der Waals surface area contributed by atoms with Crippen molar-refractivity contribution in [2.24, 2.45) is 0 Å². The van der Waals surface area contributed by atoms with Crippen LogP contribution in [0, 0.1) is 0 Å². The molecule has 1 atom stereocenters. The number of hydrogen-bond acceptors (Lipinski definition) is 4. The average Bonchev–Trinajstić information content (AvgIpc) is 2.65. The van der Waals surface area contributed by atoms with E-state index >= 15 is 0 Å². The highest BCUT2D eigenvalue weighted by molar-refractivity contribution is 7.90. The smallest absolute Gasteiger partial charge is 0.304 e. The number of ether oxygens (including phenoxy) is 1. The molecule has 0 fully saturated rings. The molecular weight excluding hydrogens is 390 g/mol. The molecule has 1 N–H and O–H groups in total. The van der Waals surface area contributed by atoms with Gasteiger partial charge in [0.1, 0.15) is 17.9 Å². The van der Waals surface area contributed by atoms with Crippen molar-refractivity contribution in [2.45, 2.75) is 31.9 Å². The summed E-state index contributed by atoms with van der Waals surface area (Å²) in [4.78, 5) is 12.9. The third-order valence-corrected chi connectivity index (χ3v) is 6.60. The van der Waals surface area contributed by atoms with Crippen molar-refractivity contribution in [2.75, 3.05) is 24.9 Å². The predicted molar refractivity (Wildman–Crippen MR) is 113 cm³/mol. The van der Waals surface area contributed by atoms with Crippen LogP contribution in [-0.4, -0.2) is 44.9 Å². The molecule has 0 unspecified atom stereocenters. The second-order valence-electron chi connectivity index (χ2n) is 7.86. The predicted octanol–water partition coefficient (Wildman–Crippen LogP) is 2.72. The van der Waals surface area contributed by atoms with Crippen LogP contribution in [0.1, 0.15) is 31.9 Å². The molecule has 1 heterocycles. The van der Waals surface area contributed by atoms with Crippen LogP contribution in [0.4, 0.5) is 5.69 Å². The van der Waals surface area contributed by atoms with E-state index in [9.17, 15) is 13.2 Å². The molecule has 0 aromatic heterocycles. The van der Waals surface area contributed by atoms with E-state index in [0.717, 1.165) is 19.9 Å². The summed E-state index contributed by atoms with van der Waals surface area (Å²) in [5, 5.41) is 3.00. The van der Waals surface area contributed by atoms with Gasteiger partial charge in [-0.2, -0.15) is 12.7 Å². The summed E-state index contributed by atoms with van der Waals surface area (Å²) >= 11 is 0. The molecule has 2 aromatic rings. The fourth-order valence-corrected chi connectivity index (χ4v) is 4.46. The fourth-order valence-electron chi connectivity index (χ4n) is 3.40. The molecule has 0 radical (unpaired) electrons. The minimum atomic E-state index is -3.83. The zero-order valence-electron chi connectivity index (χ0n) is 17.1. The quantitative estimate of drug-likeness (QED) is 0.784. The number of benzene rings is 2. The largest absolute Gasteiger partial charge is 0.487 e. The maximum Gasteiger partial charge on any atom is 0.304 e. The standard InChI is InChI=1S/C21H27N3O4S/c1-21(2)14-18(17-12-8-9-13-19(17)28-21)22-20(25)15-24(29(26,27)23(3)4)16-10-6-5-7-11-16/h5-13,18H,14-15H2,1-4H3,(H,22,25)/t18-/m0/s1. The molecule has 1 aliphatic heterocycles. The number of para-hydroxylation sites is 2. The molecule has 7 nitrogen and oxygen atoms in total. The van der Waals surface area contributed by atoms with Gasteiger partial charge in [0.15, 0.2) is 0 Å². The van der Waals surface area contributed by atoms with Crippen LogP contribution in [0.25, 0.3) is 0 Å². The summed E-state index contributed by atoms with van der Waals surface area (Å²) in [6.07, 6.45) is 0.585. The molecule has 0 bridgehead atoms. The number of carbonyl (C=O) groups is 1. The number of nitrogens with one attached hydrogen (secondary N) is 1. The maximum atomic E-state index is 12.9. The first kappa shape index (κ1) is 21.1. The Morgan fingerprint density at radius 2 is 1.72 bits per heavy atom. The maximum absolute atomic E-state index is 12.9. The normalized spacial score (nSPS) is 17.9. The Morgan fingerprint density at radius 1 is 1.10 bits per heavy atom. The van der Waals surface area contributed by atoms with E-state index < -0.39 is 15.8 Å². The van der Waals surface area contributed by atoms with Gasteiger partial charge in [-0.25, -0.2) is 4.31 Å². The monoisotopic (exact) mass is 417 g/mol. The summed E-state index contributed by atoms with van der Waals surface area (Å²) in [7, 11) is -0.940. The van der Waals surface area contributed by atoms with E-state index in [0.29, 0.717) is 12.1 Å². The molecule has 29 heavy (non-hydrogen) atoms. The zero-order chi connectivity index (χ0) is 21.2. The lowest BCUT2D eigenvalue weighted by Crippen LogP contribution is -2.48. The molecule has 8 heteroatoms. The van der Waals surface area contributed by atoms with Crippen LogP contribution >= 0.6 is 0 Å². The number of anilines is 1. The first-order chi connectivity index (χ1) is 13.6. The van der Waals surface area contributed by atoms with E-state index in [-0.39, 0.29) is 18.5 Å². The van der Waals surface area contributed by atoms with Crippen molar-refractivity contribution in [3.8, 4) is 5.75 Å². The minimum Gasteiger partial charge on any atom is -0.487 e. The first-order valence-electron chi connectivity index (χ1n) is 9.43. The van der Waals surface area contributed by atoms with Crippen LogP contribution in [0.5, 0.6) is 5.75 Å². The highest BCUT2D eigenvalue weighted by atomic mass is 32.2.